The van der Waals surface area contributed by atoms with Gasteiger partial charge in [0.25, 0.3) is 0 Å². The van der Waals surface area contributed by atoms with Crippen LogP contribution in [-0.4, -0.2) is 107 Å². The van der Waals surface area contributed by atoms with Crippen molar-refractivity contribution in [3.63, 3.8) is 0 Å². The van der Waals surface area contributed by atoms with Gasteiger partial charge in [0.2, 0.25) is 0 Å². The van der Waals surface area contributed by atoms with Crippen molar-refractivity contribution in [2.75, 3.05) is 90.5 Å². The molecule has 8 aromatic rings. The van der Waals surface area contributed by atoms with Crippen molar-refractivity contribution in [1.29, 1.82) is 0 Å². The van der Waals surface area contributed by atoms with Crippen molar-refractivity contribution in [1.82, 2.24) is 29.1 Å². The standard InChI is InChI=1S/C61H65F2N11O6/c1-3-58(44(2)77-37-45-7-5-4-6-8-45)74-60(76)73(43-66-74)53-16-14-50(15-17-53)69-29-33-71(34-30-69)52-20-24-55(25-21-52)80-59(75)67-48-10-12-49(13-11-48)68-27-31-70(32-28-68)51-18-22-54(23-19-51)78-38-46-36-61(79-39-46,40-72-42-64-41-65-72)56-26-9-47(62)35-57(56)63/h4-26,35,41-44,46,58H,3,27-34,36-40H2,1-2H3,(H,67,75)/t44-,46+,58-,61-/m0/s1. The summed E-state index contributed by atoms with van der Waals surface area (Å²) >= 11 is 0. The summed E-state index contributed by atoms with van der Waals surface area (Å²) in [6.45, 7) is 12.1. The van der Waals surface area contributed by atoms with Crippen LogP contribution in [0.5, 0.6) is 11.5 Å². The number of benzene rings is 6. The van der Waals surface area contributed by atoms with Gasteiger partial charge in [-0.3, -0.25) is 5.32 Å². The number of aromatic nitrogens is 6. The van der Waals surface area contributed by atoms with E-state index in [1.807, 2.05) is 117 Å². The Bertz CT molecular complexity index is 3350. The van der Waals surface area contributed by atoms with Crippen LogP contribution in [0.1, 0.15) is 43.9 Å². The molecule has 0 spiro atoms. The SMILES string of the molecule is CC[C@@H]([C@H](C)OCc1ccccc1)n1ncn(-c2ccc(N3CCN(c4ccc(OC(=O)Nc5ccc(N6CCN(c7ccc(OC[C@@H]8CO[C@@](Cn9cncn9)(c9ccc(F)cc9F)C8)cc7)CC6)cc5)cc4)CC3)cc2)c1=O. The van der Waals surface area contributed by atoms with Crippen molar-refractivity contribution in [3.8, 4) is 17.2 Å². The highest BCUT2D eigenvalue weighted by Gasteiger charge is 2.45. The number of nitrogens with zero attached hydrogens (tertiary/aromatic N) is 10. The number of hydrogen-bond donors (Lipinski definition) is 1. The molecule has 2 aromatic heterocycles. The number of carbonyl (C=O) groups excluding carboxylic acids is 1. The van der Waals surface area contributed by atoms with Crippen LogP contribution in [-0.2, 0) is 28.2 Å². The van der Waals surface area contributed by atoms with Gasteiger partial charge in [-0.05, 0) is 128 Å². The zero-order chi connectivity index (χ0) is 55.0. The highest BCUT2D eigenvalue weighted by molar-refractivity contribution is 5.86. The van der Waals surface area contributed by atoms with E-state index in [0.29, 0.717) is 44.1 Å². The summed E-state index contributed by atoms with van der Waals surface area (Å²) in [6, 6.07) is 44.9. The number of halogens is 2. The Balaban J connectivity index is 0.595. The fraction of sp³-hybridized carbons (Fsp3) is 0.328. The first-order chi connectivity index (χ1) is 39.1. The summed E-state index contributed by atoms with van der Waals surface area (Å²) < 4.78 is 58.0. The van der Waals surface area contributed by atoms with Crippen LogP contribution in [0, 0.1) is 17.6 Å². The minimum Gasteiger partial charge on any atom is -0.493 e. The molecular weight excluding hydrogens is 1020 g/mol. The molecule has 3 saturated heterocycles. The molecule has 1 amide bonds. The van der Waals surface area contributed by atoms with E-state index in [-0.39, 0.29) is 35.9 Å². The van der Waals surface area contributed by atoms with Crippen molar-refractivity contribution >= 4 is 34.5 Å². The van der Waals surface area contributed by atoms with Gasteiger partial charge in [-0.1, -0.05) is 43.3 Å². The molecule has 3 aliphatic rings. The molecule has 4 atom stereocenters. The lowest BCUT2D eigenvalue weighted by Crippen LogP contribution is -2.46. The predicted octanol–water partition coefficient (Wildman–Crippen LogP) is 9.74. The van der Waals surface area contributed by atoms with Gasteiger partial charge in [-0.15, -0.1) is 0 Å². The van der Waals surface area contributed by atoms with Gasteiger partial charge in [0.05, 0.1) is 44.2 Å². The number of ether oxygens (including phenoxy) is 4. The molecule has 5 heterocycles. The Labute approximate surface area is 463 Å². The molecule has 19 heteroatoms. The van der Waals surface area contributed by atoms with Crippen LogP contribution in [0.25, 0.3) is 5.69 Å². The Kier molecular flexibility index (Phi) is 16.2. The highest BCUT2D eigenvalue weighted by atomic mass is 19.1. The molecule has 11 rings (SSSR count). The Hall–Kier alpha value is -8.55. The first kappa shape index (κ1) is 53.5. The van der Waals surface area contributed by atoms with Crippen LogP contribution in [0.15, 0.2) is 169 Å². The molecule has 0 bridgehead atoms. The second kappa shape index (κ2) is 24.2. The molecule has 0 saturated carbocycles. The number of piperazine rings is 2. The van der Waals surface area contributed by atoms with Gasteiger partial charge >= 0.3 is 11.8 Å². The van der Waals surface area contributed by atoms with Gasteiger partial charge in [0.15, 0.2) is 0 Å². The summed E-state index contributed by atoms with van der Waals surface area (Å²) in [4.78, 5) is 39.9. The highest BCUT2D eigenvalue weighted by Crippen LogP contribution is 2.42. The van der Waals surface area contributed by atoms with Gasteiger partial charge in [0, 0.05) is 98.3 Å². The Morgan fingerprint density at radius 3 is 1.86 bits per heavy atom. The molecule has 0 unspecified atom stereocenters. The Morgan fingerprint density at radius 2 is 1.29 bits per heavy atom. The van der Waals surface area contributed by atoms with Crippen molar-refractivity contribution in [3.05, 3.63) is 198 Å². The van der Waals surface area contributed by atoms with E-state index in [4.69, 9.17) is 18.9 Å². The number of amides is 1. The fourth-order valence-corrected chi connectivity index (χ4v) is 11.1. The molecule has 6 aromatic carbocycles. The van der Waals surface area contributed by atoms with Crippen LogP contribution in [0.4, 0.5) is 42.0 Å². The summed E-state index contributed by atoms with van der Waals surface area (Å²) in [5.74, 6) is -0.144. The zero-order valence-electron chi connectivity index (χ0n) is 44.9. The number of carbonyl (C=O) groups is 1. The molecule has 17 nitrogen and oxygen atoms in total. The van der Waals surface area contributed by atoms with E-state index in [0.717, 1.165) is 98.2 Å². The third-order valence-electron chi connectivity index (χ3n) is 15.5. The number of hydrogen-bond acceptors (Lipinski definition) is 13. The Morgan fingerprint density at radius 1 is 0.713 bits per heavy atom. The van der Waals surface area contributed by atoms with E-state index in [1.54, 1.807) is 21.9 Å². The summed E-state index contributed by atoms with van der Waals surface area (Å²) in [5.41, 5.74) is 5.85. The van der Waals surface area contributed by atoms with E-state index in [9.17, 15) is 14.0 Å². The van der Waals surface area contributed by atoms with Crippen LogP contribution in [0.2, 0.25) is 0 Å². The van der Waals surface area contributed by atoms with Crippen LogP contribution in [0.3, 0.4) is 0 Å². The minimum atomic E-state index is -1.03. The predicted molar refractivity (Wildman–Crippen MR) is 303 cm³/mol. The quantitative estimate of drug-likeness (QED) is 0.0820. The van der Waals surface area contributed by atoms with Gasteiger partial charge in [-0.25, -0.2) is 37.3 Å². The van der Waals surface area contributed by atoms with Crippen molar-refractivity contribution in [2.45, 2.75) is 57.6 Å². The number of anilines is 5. The fourth-order valence-electron chi connectivity index (χ4n) is 11.1. The van der Waals surface area contributed by atoms with Crippen LogP contribution >= 0.6 is 0 Å². The maximum absolute atomic E-state index is 15.1. The van der Waals surface area contributed by atoms with Gasteiger partial charge in [-0.2, -0.15) is 10.2 Å². The zero-order valence-corrected chi connectivity index (χ0v) is 44.9. The largest absolute Gasteiger partial charge is 0.493 e. The topological polar surface area (TPSA) is 150 Å². The van der Waals surface area contributed by atoms with Crippen LogP contribution < -0.4 is 40.1 Å². The minimum absolute atomic E-state index is 0.0269. The first-order valence-corrected chi connectivity index (χ1v) is 27.3. The molecule has 0 radical (unpaired) electrons. The third kappa shape index (κ3) is 12.3. The number of rotatable bonds is 19. The molecular formula is C61H65F2N11O6. The van der Waals surface area contributed by atoms with E-state index >= 15 is 4.39 Å². The molecule has 1 N–H and O–H groups in total. The summed E-state index contributed by atoms with van der Waals surface area (Å²) in [5, 5.41) is 11.6. The van der Waals surface area contributed by atoms with E-state index in [2.05, 4.69) is 64.4 Å². The van der Waals surface area contributed by atoms with E-state index < -0.39 is 23.3 Å². The normalized spacial score (nSPS) is 18.3. The summed E-state index contributed by atoms with van der Waals surface area (Å²) in [7, 11) is 0. The lowest BCUT2D eigenvalue weighted by Gasteiger charge is -2.37. The monoisotopic (exact) mass is 1090 g/mol. The molecule has 80 heavy (non-hydrogen) atoms. The third-order valence-corrected chi connectivity index (χ3v) is 15.5. The van der Waals surface area contributed by atoms with Crippen molar-refractivity contribution < 1.29 is 32.5 Å². The second-order valence-electron chi connectivity index (χ2n) is 20.6. The van der Waals surface area contributed by atoms with Crippen molar-refractivity contribution in [2.24, 2.45) is 5.92 Å². The van der Waals surface area contributed by atoms with E-state index in [1.165, 1.54) is 23.1 Å². The lowest BCUT2D eigenvalue weighted by molar-refractivity contribution is -0.0206. The smallest absolute Gasteiger partial charge is 0.417 e. The molecule has 3 fully saturated rings. The maximum atomic E-state index is 15.1. The second-order valence-corrected chi connectivity index (χ2v) is 20.6. The summed E-state index contributed by atoms with van der Waals surface area (Å²) in [6.07, 6.45) is 4.97. The number of nitrogens with one attached hydrogen (secondary N) is 1. The molecule has 0 aliphatic carbocycles. The average molecular weight is 1090 g/mol. The first-order valence-electron chi connectivity index (χ1n) is 27.3. The molecule has 414 valence electrons. The van der Waals surface area contributed by atoms with Gasteiger partial charge in [0.1, 0.15) is 47.7 Å². The lowest BCUT2D eigenvalue weighted by atomic mass is 9.87. The van der Waals surface area contributed by atoms with Gasteiger partial charge < -0.3 is 38.5 Å². The molecule has 3 aliphatic heterocycles. The average Bonchev–Trinajstić information content (AvgIpc) is 4.28. The maximum Gasteiger partial charge on any atom is 0.417 e.